The molecule has 2 atom stereocenters. The molecule has 0 aromatic heterocycles. The topological polar surface area (TPSA) is 30.5 Å². The average molecular weight is 263 g/mol. The van der Waals surface area contributed by atoms with Crippen LogP contribution >= 0.6 is 0 Å². The first-order chi connectivity index (χ1) is 9.15. The van der Waals surface area contributed by atoms with Crippen LogP contribution in [0.25, 0.3) is 0 Å². The van der Waals surface area contributed by atoms with Crippen LogP contribution in [0.2, 0.25) is 0 Å². The van der Waals surface area contributed by atoms with Gasteiger partial charge in [0.1, 0.15) is 0 Å². The third kappa shape index (κ3) is 3.21. The summed E-state index contributed by atoms with van der Waals surface area (Å²) in [5.41, 5.74) is 1.35. The van der Waals surface area contributed by atoms with Gasteiger partial charge in [-0.05, 0) is 43.0 Å². The Bertz CT molecular complexity index is 417. The Kier molecular flexibility index (Phi) is 4.70. The molecule has 1 N–H and O–H groups in total. The minimum Gasteiger partial charge on any atom is -0.493 e. The molecule has 3 heteroatoms. The first-order valence-corrected chi connectivity index (χ1v) is 7.11. The first kappa shape index (κ1) is 14.2. The summed E-state index contributed by atoms with van der Waals surface area (Å²) in [6, 6.07) is 6.90. The van der Waals surface area contributed by atoms with Crippen LogP contribution in [0, 0.1) is 5.92 Å². The Hall–Kier alpha value is -1.22. The maximum atomic E-state index is 5.41. The van der Waals surface area contributed by atoms with Crippen LogP contribution in [0.1, 0.15) is 38.2 Å². The Labute approximate surface area is 116 Å². The molecule has 0 bridgehead atoms. The first-order valence-electron chi connectivity index (χ1n) is 7.11. The number of ether oxygens (including phenoxy) is 2. The summed E-state index contributed by atoms with van der Waals surface area (Å²) in [6.45, 7) is 5.67. The molecule has 1 heterocycles. The highest BCUT2D eigenvalue weighted by atomic mass is 16.5. The molecule has 3 nitrogen and oxygen atoms in total. The van der Waals surface area contributed by atoms with Gasteiger partial charge in [0.25, 0.3) is 0 Å². The number of methoxy groups -OCH3 is 2. The molecule has 0 spiro atoms. The lowest BCUT2D eigenvalue weighted by Crippen LogP contribution is -2.27. The lowest BCUT2D eigenvalue weighted by atomic mass is 9.87. The third-order valence-electron chi connectivity index (χ3n) is 3.91. The van der Waals surface area contributed by atoms with E-state index in [9.17, 15) is 0 Å². The number of rotatable bonds is 5. The highest BCUT2D eigenvalue weighted by molar-refractivity contribution is 5.44. The fourth-order valence-electron chi connectivity index (χ4n) is 3.01. The van der Waals surface area contributed by atoms with Gasteiger partial charge >= 0.3 is 0 Å². The molecule has 0 aliphatic carbocycles. The van der Waals surface area contributed by atoms with Crippen LogP contribution in [0.4, 0.5) is 0 Å². The zero-order valence-electron chi connectivity index (χ0n) is 12.4. The summed E-state index contributed by atoms with van der Waals surface area (Å²) < 4.78 is 10.7. The summed E-state index contributed by atoms with van der Waals surface area (Å²) >= 11 is 0. The second-order valence-electron chi connectivity index (χ2n) is 5.70. The molecule has 2 rings (SSSR count). The Morgan fingerprint density at radius 1 is 1.21 bits per heavy atom. The van der Waals surface area contributed by atoms with Gasteiger partial charge in [-0.15, -0.1) is 0 Å². The summed E-state index contributed by atoms with van der Waals surface area (Å²) in [4.78, 5) is 0. The molecular weight excluding hydrogens is 238 g/mol. The Morgan fingerprint density at radius 3 is 2.58 bits per heavy atom. The quantitative estimate of drug-likeness (QED) is 0.885. The largest absolute Gasteiger partial charge is 0.493 e. The zero-order chi connectivity index (χ0) is 13.8. The van der Waals surface area contributed by atoms with Gasteiger partial charge < -0.3 is 14.8 Å². The molecule has 19 heavy (non-hydrogen) atoms. The van der Waals surface area contributed by atoms with Gasteiger partial charge in [0.15, 0.2) is 11.5 Å². The van der Waals surface area contributed by atoms with Crippen molar-refractivity contribution in [1.82, 2.24) is 5.32 Å². The van der Waals surface area contributed by atoms with Crippen molar-refractivity contribution in [1.29, 1.82) is 0 Å². The molecule has 0 saturated carbocycles. The van der Waals surface area contributed by atoms with E-state index < -0.39 is 0 Å². The number of benzene rings is 1. The van der Waals surface area contributed by atoms with Gasteiger partial charge in [-0.1, -0.05) is 19.9 Å². The predicted octanol–water partition coefficient (Wildman–Crippen LogP) is 3.20. The van der Waals surface area contributed by atoms with E-state index in [1.165, 1.54) is 18.4 Å². The molecule has 1 aromatic carbocycles. The van der Waals surface area contributed by atoms with Crippen LogP contribution in [0.3, 0.4) is 0 Å². The minimum atomic E-state index is 0.582. The van der Waals surface area contributed by atoms with Gasteiger partial charge in [0.2, 0.25) is 0 Å². The number of hydrogen-bond donors (Lipinski definition) is 1. The standard InChI is InChI=1S/C16H25NO2/c1-11(2)9-14-13(7-8-17-14)12-5-6-15(18-3)16(10-12)19-4/h5-6,10-11,13-14,17H,7-9H2,1-4H3. The molecule has 2 unspecified atom stereocenters. The van der Waals surface area contributed by atoms with E-state index in [0.717, 1.165) is 24.0 Å². The molecular formula is C16H25NO2. The van der Waals surface area contributed by atoms with Gasteiger partial charge in [0, 0.05) is 12.0 Å². The second-order valence-corrected chi connectivity index (χ2v) is 5.70. The summed E-state index contributed by atoms with van der Waals surface area (Å²) in [6.07, 6.45) is 2.42. The number of nitrogens with one attached hydrogen (secondary N) is 1. The minimum absolute atomic E-state index is 0.582. The molecule has 1 aliphatic rings. The molecule has 0 amide bonds. The van der Waals surface area contributed by atoms with Gasteiger partial charge in [-0.25, -0.2) is 0 Å². The van der Waals surface area contributed by atoms with Crippen LogP contribution in [-0.4, -0.2) is 26.8 Å². The maximum absolute atomic E-state index is 5.41. The number of hydrogen-bond acceptors (Lipinski definition) is 3. The van der Waals surface area contributed by atoms with Crippen LogP contribution in [0.5, 0.6) is 11.5 Å². The fourth-order valence-corrected chi connectivity index (χ4v) is 3.01. The summed E-state index contributed by atoms with van der Waals surface area (Å²) in [5, 5.41) is 3.63. The van der Waals surface area contributed by atoms with Crippen molar-refractivity contribution in [2.45, 2.75) is 38.6 Å². The fraction of sp³-hybridized carbons (Fsp3) is 0.625. The predicted molar refractivity (Wildman–Crippen MR) is 78.1 cm³/mol. The monoisotopic (exact) mass is 263 g/mol. The van der Waals surface area contributed by atoms with Gasteiger partial charge in [-0.2, -0.15) is 0 Å². The van der Waals surface area contributed by atoms with Crippen molar-refractivity contribution in [3.63, 3.8) is 0 Å². The molecule has 1 aliphatic heterocycles. The zero-order valence-corrected chi connectivity index (χ0v) is 12.4. The molecule has 0 radical (unpaired) electrons. The van der Waals surface area contributed by atoms with Crippen molar-refractivity contribution in [2.24, 2.45) is 5.92 Å². The van der Waals surface area contributed by atoms with E-state index in [0.29, 0.717) is 12.0 Å². The van der Waals surface area contributed by atoms with Crippen molar-refractivity contribution >= 4 is 0 Å². The van der Waals surface area contributed by atoms with E-state index in [2.05, 4.69) is 31.3 Å². The van der Waals surface area contributed by atoms with Crippen molar-refractivity contribution in [3.8, 4) is 11.5 Å². The Balaban J connectivity index is 2.20. The molecule has 1 fully saturated rings. The van der Waals surface area contributed by atoms with Crippen molar-refractivity contribution < 1.29 is 9.47 Å². The highest BCUT2D eigenvalue weighted by Gasteiger charge is 2.29. The lowest BCUT2D eigenvalue weighted by molar-refractivity contribution is 0.353. The normalized spacial score (nSPS) is 22.8. The van der Waals surface area contributed by atoms with E-state index in [1.807, 2.05) is 6.07 Å². The van der Waals surface area contributed by atoms with Crippen LogP contribution in [-0.2, 0) is 0 Å². The lowest BCUT2D eigenvalue weighted by Gasteiger charge is -2.22. The van der Waals surface area contributed by atoms with E-state index in [1.54, 1.807) is 14.2 Å². The van der Waals surface area contributed by atoms with E-state index in [4.69, 9.17) is 9.47 Å². The molecule has 106 valence electrons. The molecule has 1 aromatic rings. The van der Waals surface area contributed by atoms with Crippen LogP contribution in [0.15, 0.2) is 18.2 Å². The van der Waals surface area contributed by atoms with Gasteiger partial charge in [0.05, 0.1) is 14.2 Å². The van der Waals surface area contributed by atoms with Crippen LogP contribution < -0.4 is 14.8 Å². The van der Waals surface area contributed by atoms with E-state index in [-0.39, 0.29) is 0 Å². The molecule has 1 saturated heterocycles. The SMILES string of the molecule is COc1ccc(C2CCNC2CC(C)C)cc1OC. The van der Waals surface area contributed by atoms with Crippen molar-refractivity contribution in [3.05, 3.63) is 23.8 Å². The van der Waals surface area contributed by atoms with Crippen molar-refractivity contribution in [2.75, 3.05) is 20.8 Å². The van der Waals surface area contributed by atoms with E-state index >= 15 is 0 Å². The summed E-state index contributed by atoms with van der Waals surface area (Å²) in [5.74, 6) is 2.94. The third-order valence-corrected chi connectivity index (χ3v) is 3.91. The average Bonchev–Trinajstić information content (AvgIpc) is 2.85. The van der Waals surface area contributed by atoms with Gasteiger partial charge in [-0.3, -0.25) is 0 Å². The Morgan fingerprint density at radius 2 is 1.95 bits per heavy atom. The maximum Gasteiger partial charge on any atom is 0.160 e. The highest BCUT2D eigenvalue weighted by Crippen LogP contribution is 2.36. The summed E-state index contributed by atoms with van der Waals surface area (Å²) in [7, 11) is 3.37. The smallest absolute Gasteiger partial charge is 0.160 e. The second kappa shape index (κ2) is 6.29.